The number of amides is 1. The summed E-state index contributed by atoms with van der Waals surface area (Å²) < 4.78 is 0. The summed E-state index contributed by atoms with van der Waals surface area (Å²) in [6.07, 6.45) is 3.99. The molecule has 0 saturated heterocycles. The molecule has 1 aromatic carbocycles. The van der Waals surface area contributed by atoms with Crippen molar-refractivity contribution >= 4 is 11.6 Å². The van der Waals surface area contributed by atoms with E-state index < -0.39 is 0 Å². The molecule has 3 heteroatoms. The van der Waals surface area contributed by atoms with Gasteiger partial charge in [-0.25, -0.2) is 0 Å². The normalized spacial score (nSPS) is 10.8. The van der Waals surface area contributed by atoms with E-state index in [-0.39, 0.29) is 11.8 Å². The van der Waals surface area contributed by atoms with Crippen LogP contribution in [0.15, 0.2) is 18.2 Å². The highest BCUT2D eigenvalue weighted by atomic mass is 16.1. The molecule has 0 bridgehead atoms. The second-order valence-electron chi connectivity index (χ2n) is 5.12. The molecule has 19 heavy (non-hydrogen) atoms. The highest BCUT2D eigenvalue weighted by Crippen LogP contribution is 2.20. The third-order valence-corrected chi connectivity index (χ3v) is 3.44. The van der Waals surface area contributed by atoms with Crippen LogP contribution in [0, 0.1) is 12.8 Å². The number of carbonyl (C=O) groups is 1. The van der Waals surface area contributed by atoms with Crippen LogP contribution in [-0.4, -0.2) is 5.91 Å². The Morgan fingerprint density at radius 2 is 1.89 bits per heavy atom. The molecule has 0 aliphatic heterocycles. The second-order valence-corrected chi connectivity index (χ2v) is 5.12. The molecule has 1 rings (SSSR count). The lowest BCUT2D eigenvalue weighted by molar-refractivity contribution is -0.120. The van der Waals surface area contributed by atoms with Gasteiger partial charge in [-0.05, 0) is 37.0 Å². The van der Waals surface area contributed by atoms with Gasteiger partial charge in [-0.1, -0.05) is 38.8 Å². The first-order valence-electron chi connectivity index (χ1n) is 7.22. The summed E-state index contributed by atoms with van der Waals surface area (Å²) in [4.78, 5) is 12.3. The van der Waals surface area contributed by atoms with Crippen LogP contribution in [0.5, 0.6) is 0 Å². The van der Waals surface area contributed by atoms with Crippen LogP contribution in [0.3, 0.4) is 0 Å². The van der Waals surface area contributed by atoms with Gasteiger partial charge in [0.05, 0.1) is 0 Å². The van der Waals surface area contributed by atoms with Gasteiger partial charge < -0.3 is 11.1 Å². The molecule has 0 aromatic heterocycles. The summed E-state index contributed by atoms with van der Waals surface area (Å²) in [6.45, 7) is 6.74. The van der Waals surface area contributed by atoms with E-state index in [0.717, 1.165) is 42.5 Å². The number of carbonyl (C=O) groups excluding carboxylic acids is 1. The minimum absolute atomic E-state index is 0.121. The van der Waals surface area contributed by atoms with Crippen LogP contribution in [0.25, 0.3) is 0 Å². The number of hydrogen-bond donors (Lipinski definition) is 2. The van der Waals surface area contributed by atoms with Crippen molar-refractivity contribution in [1.82, 2.24) is 0 Å². The standard InChI is InChI=1S/C16H26N2O/c1-4-6-14(7-5-2)16(19)18-15-10-13(11-17)9-8-12(15)3/h8-10,14H,4-7,11,17H2,1-3H3,(H,18,19). The van der Waals surface area contributed by atoms with Crippen molar-refractivity contribution in [3.05, 3.63) is 29.3 Å². The van der Waals surface area contributed by atoms with Crippen molar-refractivity contribution in [3.63, 3.8) is 0 Å². The topological polar surface area (TPSA) is 55.1 Å². The maximum atomic E-state index is 12.3. The summed E-state index contributed by atoms with van der Waals surface area (Å²) in [7, 11) is 0. The Morgan fingerprint density at radius 1 is 1.26 bits per heavy atom. The van der Waals surface area contributed by atoms with Gasteiger partial charge in [-0.2, -0.15) is 0 Å². The molecular weight excluding hydrogens is 236 g/mol. The summed E-state index contributed by atoms with van der Waals surface area (Å²) in [5.41, 5.74) is 8.66. The summed E-state index contributed by atoms with van der Waals surface area (Å²) in [5, 5.41) is 3.06. The van der Waals surface area contributed by atoms with E-state index in [2.05, 4.69) is 19.2 Å². The largest absolute Gasteiger partial charge is 0.326 e. The third kappa shape index (κ3) is 4.67. The minimum atomic E-state index is 0.121. The first-order chi connectivity index (χ1) is 9.12. The van der Waals surface area contributed by atoms with Gasteiger partial charge in [-0.3, -0.25) is 4.79 Å². The fourth-order valence-corrected chi connectivity index (χ4v) is 2.27. The van der Waals surface area contributed by atoms with Crippen LogP contribution in [0.2, 0.25) is 0 Å². The molecule has 0 unspecified atom stereocenters. The van der Waals surface area contributed by atoms with Gasteiger partial charge >= 0.3 is 0 Å². The van der Waals surface area contributed by atoms with Gasteiger partial charge in [0, 0.05) is 18.2 Å². The van der Waals surface area contributed by atoms with Crippen molar-refractivity contribution in [3.8, 4) is 0 Å². The SMILES string of the molecule is CCCC(CCC)C(=O)Nc1cc(CN)ccc1C. The number of nitrogens with one attached hydrogen (secondary N) is 1. The van der Waals surface area contributed by atoms with Crippen LogP contribution >= 0.6 is 0 Å². The third-order valence-electron chi connectivity index (χ3n) is 3.44. The molecule has 1 amide bonds. The van der Waals surface area contributed by atoms with Crippen molar-refractivity contribution in [2.75, 3.05) is 5.32 Å². The molecule has 0 spiro atoms. The lowest BCUT2D eigenvalue weighted by Gasteiger charge is -2.17. The van der Waals surface area contributed by atoms with Crippen molar-refractivity contribution in [1.29, 1.82) is 0 Å². The molecule has 1 aromatic rings. The Morgan fingerprint density at radius 3 is 2.42 bits per heavy atom. The Kier molecular flexibility index (Phi) is 6.57. The number of anilines is 1. The highest BCUT2D eigenvalue weighted by Gasteiger charge is 2.17. The molecule has 106 valence electrons. The summed E-state index contributed by atoms with van der Waals surface area (Å²) >= 11 is 0. The first kappa shape index (κ1) is 15.7. The first-order valence-corrected chi connectivity index (χ1v) is 7.22. The zero-order valence-electron chi connectivity index (χ0n) is 12.3. The summed E-state index contributed by atoms with van der Waals surface area (Å²) in [5.74, 6) is 0.261. The second kappa shape index (κ2) is 7.95. The number of rotatable bonds is 7. The van der Waals surface area contributed by atoms with E-state index in [1.54, 1.807) is 0 Å². The molecule has 0 aliphatic rings. The van der Waals surface area contributed by atoms with Gasteiger partial charge in [0.15, 0.2) is 0 Å². The predicted molar refractivity (Wildman–Crippen MR) is 81.0 cm³/mol. The molecule has 0 saturated carbocycles. The van der Waals surface area contributed by atoms with E-state index >= 15 is 0 Å². The fraction of sp³-hybridized carbons (Fsp3) is 0.562. The van der Waals surface area contributed by atoms with Crippen LogP contribution < -0.4 is 11.1 Å². The predicted octanol–water partition coefficient (Wildman–Crippen LogP) is 3.61. The Balaban J connectivity index is 2.79. The molecule has 0 atom stereocenters. The maximum absolute atomic E-state index is 12.3. The minimum Gasteiger partial charge on any atom is -0.326 e. The van der Waals surface area contributed by atoms with Gasteiger partial charge in [-0.15, -0.1) is 0 Å². The van der Waals surface area contributed by atoms with Crippen LogP contribution in [0.1, 0.15) is 50.7 Å². The molecule has 3 nitrogen and oxygen atoms in total. The Bertz CT molecular complexity index is 409. The average molecular weight is 262 g/mol. The van der Waals surface area contributed by atoms with Crippen LogP contribution in [-0.2, 0) is 11.3 Å². The van der Waals surface area contributed by atoms with E-state index in [1.165, 1.54) is 0 Å². The quantitative estimate of drug-likeness (QED) is 0.788. The zero-order chi connectivity index (χ0) is 14.3. The maximum Gasteiger partial charge on any atom is 0.227 e. The van der Waals surface area contributed by atoms with E-state index in [4.69, 9.17) is 5.73 Å². The van der Waals surface area contributed by atoms with Crippen molar-refractivity contribution in [2.45, 2.75) is 53.0 Å². The van der Waals surface area contributed by atoms with Gasteiger partial charge in [0.25, 0.3) is 0 Å². The van der Waals surface area contributed by atoms with Gasteiger partial charge in [0.2, 0.25) is 5.91 Å². The highest BCUT2D eigenvalue weighted by molar-refractivity contribution is 5.93. The van der Waals surface area contributed by atoms with Crippen molar-refractivity contribution < 1.29 is 4.79 Å². The Labute approximate surface area is 116 Å². The fourth-order valence-electron chi connectivity index (χ4n) is 2.27. The van der Waals surface area contributed by atoms with Crippen LogP contribution in [0.4, 0.5) is 5.69 Å². The lowest BCUT2D eigenvalue weighted by Crippen LogP contribution is -2.23. The van der Waals surface area contributed by atoms with Gasteiger partial charge in [0.1, 0.15) is 0 Å². The zero-order valence-corrected chi connectivity index (χ0v) is 12.3. The monoisotopic (exact) mass is 262 g/mol. The molecular formula is C16H26N2O. The molecule has 3 N–H and O–H groups in total. The molecule has 0 fully saturated rings. The average Bonchev–Trinajstić information content (AvgIpc) is 2.41. The molecule has 0 radical (unpaired) electrons. The Hall–Kier alpha value is -1.35. The van der Waals surface area contributed by atoms with E-state index in [0.29, 0.717) is 6.54 Å². The summed E-state index contributed by atoms with van der Waals surface area (Å²) in [6, 6.07) is 5.98. The smallest absolute Gasteiger partial charge is 0.227 e. The number of hydrogen-bond acceptors (Lipinski definition) is 2. The molecule has 0 aliphatic carbocycles. The molecule has 0 heterocycles. The number of benzene rings is 1. The lowest BCUT2D eigenvalue weighted by atomic mass is 9.97. The number of nitrogens with two attached hydrogens (primary N) is 1. The number of aryl methyl sites for hydroxylation is 1. The van der Waals surface area contributed by atoms with E-state index in [1.807, 2.05) is 25.1 Å². The van der Waals surface area contributed by atoms with E-state index in [9.17, 15) is 4.79 Å². The van der Waals surface area contributed by atoms with Crippen molar-refractivity contribution in [2.24, 2.45) is 11.7 Å².